The molecule has 18 heavy (non-hydrogen) atoms. The SMILES string of the molecule is CN(Cc1ccc(F)c(Br)c1)c1cccc(N)c1. The molecule has 0 aliphatic carbocycles. The molecule has 2 aromatic carbocycles. The first-order valence-corrected chi connectivity index (χ1v) is 6.36. The zero-order valence-corrected chi connectivity index (χ0v) is 11.6. The predicted molar refractivity (Wildman–Crippen MR) is 77.1 cm³/mol. The lowest BCUT2D eigenvalue weighted by molar-refractivity contribution is 0.620. The van der Waals surface area contributed by atoms with Gasteiger partial charge in [-0.05, 0) is 51.8 Å². The second kappa shape index (κ2) is 5.40. The number of hydrogen-bond acceptors (Lipinski definition) is 2. The fourth-order valence-electron chi connectivity index (χ4n) is 1.77. The standard InChI is InChI=1S/C14H14BrFN2/c1-18(12-4-2-3-11(17)8-12)9-10-5-6-14(16)13(15)7-10/h2-8H,9,17H2,1H3. The third kappa shape index (κ3) is 3.01. The summed E-state index contributed by atoms with van der Waals surface area (Å²) in [5, 5.41) is 0. The van der Waals surface area contributed by atoms with Crippen molar-refractivity contribution in [1.29, 1.82) is 0 Å². The molecule has 0 aliphatic heterocycles. The zero-order chi connectivity index (χ0) is 13.1. The van der Waals surface area contributed by atoms with Crippen molar-refractivity contribution in [2.45, 2.75) is 6.54 Å². The van der Waals surface area contributed by atoms with Crippen LogP contribution in [-0.2, 0) is 6.54 Å². The maximum absolute atomic E-state index is 13.1. The number of hydrogen-bond donors (Lipinski definition) is 1. The summed E-state index contributed by atoms with van der Waals surface area (Å²) in [6, 6.07) is 12.7. The Bertz CT molecular complexity index is 557. The van der Waals surface area contributed by atoms with Crippen LogP contribution in [0.5, 0.6) is 0 Å². The van der Waals surface area contributed by atoms with Crippen LogP contribution in [-0.4, -0.2) is 7.05 Å². The van der Waals surface area contributed by atoms with Crippen molar-refractivity contribution < 1.29 is 4.39 Å². The maximum Gasteiger partial charge on any atom is 0.137 e. The number of benzene rings is 2. The van der Waals surface area contributed by atoms with E-state index in [1.165, 1.54) is 6.07 Å². The highest BCUT2D eigenvalue weighted by Crippen LogP contribution is 2.21. The second-order valence-electron chi connectivity index (χ2n) is 4.20. The minimum Gasteiger partial charge on any atom is -0.399 e. The Hall–Kier alpha value is -1.55. The lowest BCUT2D eigenvalue weighted by Gasteiger charge is -2.20. The van der Waals surface area contributed by atoms with Gasteiger partial charge in [-0.15, -0.1) is 0 Å². The highest BCUT2D eigenvalue weighted by Gasteiger charge is 2.05. The second-order valence-corrected chi connectivity index (χ2v) is 5.05. The van der Waals surface area contributed by atoms with Crippen LogP contribution in [0.1, 0.15) is 5.56 Å². The number of halogens is 2. The molecule has 2 aromatic rings. The number of anilines is 2. The average Bonchev–Trinajstić information content (AvgIpc) is 2.34. The van der Waals surface area contributed by atoms with Crippen molar-refractivity contribution in [1.82, 2.24) is 0 Å². The van der Waals surface area contributed by atoms with Crippen LogP contribution in [0.25, 0.3) is 0 Å². The van der Waals surface area contributed by atoms with Crippen molar-refractivity contribution >= 4 is 27.3 Å². The molecule has 2 N–H and O–H groups in total. The monoisotopic (exact) mass is 308 g/mol. The van der Waals surface area contributed by atoms with Gasteiger partial charge in [-0.3, -0.25) is 0 Å². The lowest BCUT2D eigenvalue weighted by atomic mass is 10.2. The molecule has 0 spiro atoms. The fourth-order valence-corrected chi connectivity index (χ4v) is 2.19. The Morgan fingerprint density at radius 2 is 2.00 bits per heavy atom. The van der Waals surface area contributed by atoms with Gasteiger partial charge in [0.1, 0.15) is 5.82 Å². The highest BCUT2D eigenvalue weighted by atomic mass is 79.9. The largest absolute Gasteiger partial charge is 0.399 e. The molecule has 94 valence electrons. The van der Waals surface area contributed by atoms with Crippen molar-refractivity contribution in [3.8, 4) is 0 Å². The average molecular weight is 309 g/mol. The molecule has 0 saturated carbocycles. The van der Waals surface area contributed by atoms with Gasteiger partial charge < -0.3 is 10.6 Å². The molecule has 0 unspecified atom stereocenters. The first-order chi connectivity index (χ1) is 8.56. The van der Waals surface area contributed by atoms with Gasteiger partial charge >= 0.3 is 0 Å². The van der Waals surface area contributed by atoms with Crippen LogP contribution < -0.4 is 10.6 Å². The summed E-state index contributed by atoms with van der Waals surface area (Å²) >= 11 is 3.19. The van der Waals surface area contributed by atoms with E-state index >= 15 is 0 Å². The van der Waals surface area contributed by atoms with E-state index < -0.39 is 0 Å². The molecule has 0 aromatic heterocycles. The Morgan fingerprint density at radius 3 is 2.67 bits per heavy atom. The Balaban J connectivity index is 2.16. The van der Waals surface area contributed by atoms with Gasteiger partial charge in [-0.2, -0.15) is 0 Å². The van der Waals surface area contributed by atoms with E-state index in [0.29, 0.717) is 11.0 Å². The predicted octanol–water partition coefficient (Wildman–Crippen LogP) is 3.81. The minimum atomic E-state index is -0.245. The van der Waals surface area contributed by atoms with Crippen LogP contribution in [0.15, 0.2) is 46.9 Å². The molecule has 2 rings (SSSR count). The molecule has 0 atom stereocenters. The smallest absolute Gasteiger partial charge is 0.137 e. The fraction of sp³-hybridized carbons (Fsp3) is 0.143. The van der Waals surface area contributed by atoms with Gasteiger partial charge in [-0.25, -0.2) is 4.39 Å². The first-order valence-electron chi connectivity index (χ1n) is 5.57. The Morgan fingerprint density at radius 1 is 1.22 bits per heavy atom. The highest BCUT2D eigenvalue weighted by molar-refractivity contribution is 9.10. The third-order valence-corrected chi connectivity index (χ3v) is 3.32. The number of rotatable bonds is 3. The molecular weight excluding hydrogens is 295 g/mol. The summed E-state index contributed by atoms with van der Waals surface area (Å²) in [5.74, 6) is -0.245. The van der Waals surface area contributed by atoms with E-state index in [1.807, 2.05) is 31.3 Å². The third-order valence-electron chi connectivity index (χ3n) is 2.71. The normalized spacial score (nSPS) is 10.4. The van der Waals surface area contributed by atoms with Crippen molar-refractivity contribution in [2.24, 2.45) is 0 Å². The van der Waals surface area contributed by atoms with E-state index in [9.17, 15) is 4.39 Å². The summed E-state index contributed by atoms with van der Waals surface area (Å²) in [4.78, 5) is 2.07. The van der Waals surface area contributed by atoms with Crippen molar-refractivity contribution in [3.05, 3.63) is 58.3 Å². The molecule has 2 nitrogen and oxygen atoms in total. The lowest BCUT2D eigenvalue weighted by Crippen LogP contribution is -2.16. The van der Waals surface area contributed by atoms with E-state index in [0.717, 1.165) is 16.9 Å². The minimum absolute atomic E-state index is 0.245. The van der Waals surface area contributed by atoms with Crippen molar-refractivity contribution in [3.63, 3.8) is 0 Å². The van der Waals surface area contributed by atoms with Crippen LogP contribution in [0.3, 0.4) is 0 Å². The number of nitrogens with two attached hydrogens (primary N) is 1. The van der Waals surface area contributed by atoms with Crippen LogP contribution in [0, 0.1) is 5.82 Å². The van der Waals surface area contributed by atoms with Gasteiger partial charge in [0, 0.05) is 25.0 Å². The summed E-state index contributed by atoms with van der Waals surface area (Å²) in [6.07, 6.45) is 0. The molecule has 0 amide bonds. The summed E-state index contributed by atoms with van der Waals surface area (Å²) < 4.78 is 13.6. The van der Waals surface area contributed by atoms with Gasteiger partial charge in [0.2, 0.25) is 0 Å². The summed E-state index contributed by atoms with van der Waals surface area (Å²) in [7, 11) is 1.98. The van der Waals surface area contributed by atoms with Crippen LogP contribution in [0.2, 0.25) is 0 Å². The summed E-state index contributed by atoms with van der Waals surface area (Å²) in [5.41, 5.74) is 8.56. The zero-order valence-electron chi connectivity index (χ0n) is 10.0. The van der Waals surface area contributed by atoms with E-state index in [-0.39, 0.29) is 5.82 Å². The maximum atomic E-state index is 13.1. The van der Waals surface area contributed by atoms with Crippen LogP contribution >= 0.6 is 15.9 Å². The first kappa shape index (κ1) is 12.9. The van der Waals surface area contributed by atoms with Gasteiger partial charge in [-0.1, -0.05) is 12.1 Å². The van der Waals surface area contributed by atoms with E-state index in [4.69, 9.17) is 5.73 Å². The quantitative estimate of drug-likeness (QED) is 0.874. The van der Waals surface area contributed by atoms with E-state index in [1.54, 1.807) is 12.1 Å². The molecule has 0 aliphatic rings. The van der Waals surface area contributed by atoms with Crippen molar-refractivity contribution in [2.75, 3.05) is 17.7 Å². The Labute approximate surface area is 114 Å². The Kier molecular flexibility index (Phi) is 3.87. The van der Waals surface area contributed by atoms with E-state index in [2.05, 4.69) is 20.8 Å². The molecule has 0 fully saturated rings. The topological polar surface area (TPSA) is 29.3 Å². The van der Waals surface area contributed by atoms with Gasteiger partial charge in [0.15, 0.2) is 0 Å². The molecule has 0 saturated heterocycles. The van der Waals surface area contributed by atoms with Gasteiger partial charge in [0.05, 0.1) is 4.47 Å². The molecule has 0 heterocycles. The molecule has 0 bridgehead atoms. The molecular formula is C14H14BrFN2. The van der Waals surface area contributed by atoms with Gasteiger partial charge in [0.25, 0.3) is 0 Å². The molecule has 4 heteroatoms. The summed E-state index contributed by atoms with van der Waals surface area (Å²) in [6.45, 7) is 0.697. The van der Waals surface area contributed by atoms with Crippen LogP contribution in [0.4, 0.5) is 15.8 Å². The number of nitrogens with zero attached hydrogens (tertiary/aromatic N) is 1. The molecule has 0 radical (unpaired) electrons. The number of nitrogen functional groups attached to an aromatic ring is 1.